The first-order valence-electron chi connectivity index (χ1n) is 8.81. The Morgan fingerprint density at radius 2 is 2.28 bits per heavy atom. The number of amides is 1. The molecule has 0 N–H and O–H groups in total. The highest BCUT2D eigenvalue weighted by atomic mass is 32.1. The topological polar surface area (TPSA) is 50.5 Å². The molecule has 0 spiro atoms. The molecule has 0 aromatic carbocycles. The van der Waals surface area contributed by atoms with Gasteiger partial charge in [0, 0.05) is 41.4 Å². The highest BCUT2D eigenvalue weighted by Gasteiger charge is 2.30. The predicted octanol–water partition coefficient (Wildman–Crippen LogP) is 3.91. The van der Waals surface area contributed by atoms with Crippen LogP contribution in [0.4, 0.5) is 0 Å². The lowest BCUT2D eigenvalue weighted by molar-refractivity contribution is -0.128. The van der Waals surface area contributed by atoms with Gasteiger partial charge >= 0.3 is 0 Å². The molecule has 25 heavy (non-hydrogen) atoms. The Hall–Kier alpha value is -2.21. The van der Waals surface area contributed by atoms with Crippen LogP contribution in [0.1, 0.15) is 37.4 Å². The van der Waals surface area contributed by atoms with E-state index in [1.54, 1.807) is 11.3 Å². The van der Waals surface area contributed by atoms with Crippen LogP contribution < -0.4 is 0 Å². The molecule has 5 nitrogen and oxygen atoms in total. The van der Waals surface area contributed by atoms with Crippen molar-refractivity contribution >= 4 is 22.9 Å². The minimum Gasteiger partial charge on any atom is -0.338 e. The van der Waals surface area contributed by atoms with E-state index in [2.05, 4.69) is 28.5 Å². The first-order valence-corrected chi connectivity index (χ1v) is 9.69. The summed E-state index contributed by atoms with van der Waals surface area (Å²) in [5, 5.41) is 6.69. The van der Waals surface area contributed by atoms with Crippen LogP contribution in [0.25, 0.3) is 16.1 Å². The number of carbonyl (C=O) groups is 1. The second kappa shape index (κ2) is 6.59. The van der Waals surface area contributed by atoms with Crippen LogP contribution in [-0.4, -0.2) is 31.9 Å². The van der Waals surface area contributed by atoms with Crippen molar-refractivity contribution in [1.82, 2.24) is 19.5 Å². The standard InChI is InChI=1S/C19H22N4OS/c1-3-5-14-8-18(24)22(10-14)12-16-13(2)21-23-11-15(9-20-19(16)23)17-6-4-7-25-17/h4,6-7,9,11,14H,3,5,8,10,12H2,1-2H3. The lowest BCUT2D eigenvalue weighted by atomic mass is 10.0. The maximum absolute atomic E-state index is 12.3. The number of rotatable bonds is 5. The van der Waals surface area contributed by atoms with Gasteiger partial charge in [0.15, 0.2) is 5.65 Å². The van der Waals surface area contributed by atoms with Crippen LogP contribution in [0.2, 0.25) is 0 Å². The number of nitrogens with zero attached hydrogens (tertiary/aromatic N) is 4. The summed E-state index contributed by atoms with van der Waals surface area (Å²) in [7, 11) is 0. The zero-order valence-corrected chi connectivity index (χ0v) is 15.4. The van der Waals surface area contributed by atoms with Crippen molar-refractivity contribution in [2.75, 3.05) is 6.54 Å². The van der Waals surface area contributed by atoms with Gasteiger partial charge in [-0.2, -0.15) is 5.10 Å². The van der Waals surface area contributed by atoms with Gasteiger partial charge in [-0.15, -0.1) is 11.3 Å². The smallest absolute Gasteiger partial charge is 0.223 e. The minimum atomic E-state index is 0.257. The largest absolute Gasteiger partial charge is 0.338 e. The zero-order valence-electron chi connectivity index (χ0n) is 14.6. The number of carbonyl (C=O) groups excluding carboxylic acids is 1. The summed E-state index contributed by atoms with van der Waals surface area (Å²) in [5.41, 5.74) is 3.92. The Morgan fingerprint density at radius 3 is 3.04 bits per heavy atom. The fourth-order valence-corrected chi connectivity index (χ4v) is 4.35. The van der Waals surface area contributed by atoms with Crippen LogP contribution in [0.3, 0.4) is 0 Å². The molecule has 0 radical (unpaired) electrons. The third-order valence-corrected chi connectivity index (χ3v) is 5.83. The first kappa shape index (κ1) is 16.3. The fourth-order valence-electron chi connectivity index (χ4n) is 3.65. The number of hydrogen-bond acceptors (Lipinski definition) is 4. The van der Waals surface area contributed by atoms with E-state index in [-0.39, 0.29) is 5.91 Å². The van der Waals surface area contributed by atoms with Crippen LogP contribution in [0.15, 0.2) is 29.9 Å². The Bertz CT molecular complexity index is 900. The molecule has 1 amide bonds. The van der Waals surface area contributed by atoms with Gasteiger partial charge in [-0.05, 0) is 30.7 Å². The molecule has 1 fully saturated rings. The second-order valence-corrected chi connectivity index (χ2v) is 7.73. The SMILES string of the molecule is CCCC1CC(=O)N(Cc2c(C)nn3cc(-c4cccs4)cnc23)C1. The van der Waals surface area contributed by atoms with Gasteiger partial charge < -0.3 is 4.90 Å². The Labute approximate surface area is 151 Å². The third kappa shape index (κ3) is 3.06. The molecule has 1 atom stereocenters. The van der Waals surface area contributed by atoms with Crippen molar-refractivity contribution in [2.45, 2.75) is 39.7 Å². The van der Waals surface area contributed by atoms with E-state index in [0.29, 0.717) is 18.9 Å². The van der Waals surface area contributed by atoms with Gasteiger partial charge in [-0.1, -0.05) is 19.4 Å². The lowest BCUT2D eigenvalue weighted by Crippen LogP contribution is -2.25. The summed E-state index contributed by atoms with van der Waals surface area (Å²) in [6.45, 7) is 5.65. The molecule has 4 heterocycles. The molecule has 130 valence electrons. The monoisotopic (exact) mass is 354 g/mol. The summed E-state index contributed by atoms with van der Waals surface area (Å²) in [6.07, 6.45) is 6.86. The van der Waals surface area contributed by atoms with Crippen molar-refractivity contribution in [2.24, 2.45) is 5.92 Å². The van der Waals surface area contributed by atoms with Gasteiger partial charge in [0.1, 0.15) is 0 Å². The molecular weight excluding hydrogens is 332 g/mol. The number of aromatic nitrogens is 3. The summed E-state index contributed by atoms with van der Waals surface area (Å²) in [4.78, 5) is 20.1. The first-order chi connectivity index (χ1) is 12.2. The maximum Gasteiger partial charge on any atom is 0.223 e. The van der Waals surface area contributed by atoms with Crippen LogP contribution >= 0.6 is 11.3 Å². The molecule has 0 aliphatic carbocycles. The predicted molar refractivity (Wildman–Crippen MR) is 99.5 cm³/mol. The summed E-state index contributed by atoms with van der Waals surface area (Å²) >= 11 is 1.69. The molecule has 0 bridgehead atoms. The van der Waals surface area contributed by atoms with E-state index in [4.69, 9.17) is 0 Å². The fraction of sp³-hybridized carbons (Fsp3) is 0.421. The minimum absolute atomic E-state index is 0.257. The number of fused-ring (bicyclic) bond motifs is 1. The van der Waals surface area contributed by atoms with Crippen molar-refractivity contribution in [3.8, 4) is 10.4 Å². The molecule has 1 aliphatic rings. The highest BCUT2D eigenvalue weighted by molar-refractivity contribution is 7.13. The highest BCUT2D eigenvalue weighted by Crippen LogP contribution is 2.27. The molecule has 1 unspecified atom stereocenters. The Balaban J connectivity index is 1.62. The summed E-state index contributed by atoms with van der Waals surface area (Å²) in [6, 6.07) is 4.12. The van der Waals surface area contributed by atoms with E-state index < -0.39 is 0 Å². The molecule has 3 aromatic rings. The van der Waals surface area contributed by atoms with Gasteiger partial charge in [0.25, 0.3) is 0 Å². The quantitative estimate of drug-likeness (QED) is 0.698. The maximum atomic E-state index is 12.3. The third-order valence-electron chi connectivity index (χ3n) is 4.91. The van der Waals surface area contributed by atoms with E-state index in [0.717, 1.165) is 41.9 Å². The Kier molecular flexibility index (Phi) is 4.29. The second-order valence-electron chi connectivity index (χ2n) is 6.79. The number of aryl methyl sites for hydroxylation is 1. The molecule has 3 aromatic heterocycles. The number of thiophene rings is 1. The number of likely N-dealkylation sites (tertiary alicyclic amines) is 1. The van der Waals surface area contributed by atoms with Gasteiger partial charge in [0.2, 0.25) is 5.91 Å². The van der Waals surface area contributed by atoms with Crippen LogP contribution in [0, 0.1) is 12.8 Å². The zero-order chi connectivity index (χ0) is 17.4. The summed E-state index contributed by atoms with van der Waals surface area (Å²) in [5.74, 6) is 0.755. The van der Waals surface area contributed by atoms with Gasteiger partial charge in [-0.25, -0.2) is 9.50 Å². The van der Waals surface area contributed by atoms with E-state index in [1.807, 2.05) is 34.8 Å². The molecule has 0 saturated carbocycles. The Morgan fingerprint density at radius 1 is 1.40 bits per heavy atom. The molecule has 1 saturated heterocycles. The van der Waals surface area contributed by atoms with Crippen LogP contribution in [-0.2, 0) is 11.3 Å². The van der Waals surface area contributed by atoms with Gasteiger partial charge in [-0.3, -0.25) is 4.79 Å². The van der Waals surface area contributed by atoms with Crippen LogP contribution in [0.5, 0.6) is 0 Å². The average molecular weight is 354 g/mol. The van der Waals surface area contributed by atoms with E-state index in [1.165, 1.54) is 4.88 Å². The van der Waals surface area contributed by atoms with E-state index >= 15 is 0 Å². The van der Waals surface area contributed by atoms with Crippen molar-refractivity contribution < 1.29 is 4.79 Å². The lowest BCUT2D eigenvalue weighted by Gasteiger charge is -2.16. The van der Waals surface area contributed by atoms with Crippen molar-refractivity contribution in [3.63, 3.8) is 0 Å². The molecule has 4 rings (SSSR count). The molecule has 6 heteroatoms. The normalized spacial score (nSPS) is 17.8. The molecular formula is C19H22N4OS. The molecule has 1 aliphatic heterocycles. The summed E-state index contributed by atoms with van der Waals surface area (Å²) < 4.78 is 1.85. The van der Waals surface area contributed by atoms with Crippen molar-refractivity contribution in [3.05, 3.63) is 41.2 Å². The van der Waals surface area contributed by atoms with Gasteiger partial charge in [0.05, 0.1) is 12.2 Å². The number of hydrogen-bond donors (Lipinski definition) is 0. The van der Waals surface area contributed by atoms with E-state index in [9.17, 15) is 4.79 Å². The van der Waals surface area contributed by atoms with Crippen molar-refractivity contribution in [1.29, 1.82) is 0 Å². The average Bonchev–Trinajstić information content (AvgIpc) is 3.29.